The Bertz CT molecular complexity index is 5810. The Kier molecular flexibility index (Phi) is 28.9. The second-order valence-electron chi connectivity index (χ2n) is 36.7. The minimum atomic E-state index is -0.260. The van der Waals surface area contributed by atoms with Gasteiger partial charge in [0.1, 0.15) is 55.4 Å². The quantitative estimate of drug-likeness (QED) is 0.0362. The largest absolute Gasteiger partial charge is 0.462 e. The zero-order chi connectivity index (χ0) is 91.4. The van der Waals surface area contributed by atoms with Gasteiger partial charge in [-0.15, -0.1) is 0 Å². The summed E-state index contributed by atoms with van der Waals surface area (Å²) < 4.78 is 19.1. The van der Waals surface area contributed by atoms with Gasteiger partial charge in [0, 0.05) is 167 Å². The number of carbonyl (C=O) groups excluding carboxylic acids is 4. The summed E-state index contributed by atoms with van der Waals surface area (Å²) in [4.78, 5) is 119. The van der Waals surface area contributed by atoms with E-state index < -0.39 is 0 Å². The lowest BCUT2D eigenvalue weighted by atomic mass is 10.0. The highest BCUT2D eigenvalue weighted by Crippen LogP contribution is 2.41. The van der Waals surface area contributed by atoms with E-state index in [0.29, 0.717) is 129 Å². The summed E-state index contributed by atoms with van der Waals surface area (Å²) in [5.41, 5.74) is 9.62. The third-order valence-electron chi connectivity index (χ3n) is 27.6. The number of fused-ring (bicyclic) bond motifs is 6. The van der Waals surface area contributed by atoms with E-state index in [1.54, 1.807) is 33.7 Å². The second kappa shape index (κ2) is 41.4. The van der Waals surface area contributed by atoms with Crippen molar-refractivity contribution in [2.45, 2.75) is 127 Å². The van der Waals surface area contributed by atoms with Gasteiger partial charge in [-0.3, -0.25) is 29.0 Å². The van der Waals surface area contributed by atoms with Crippen LogP contribution in [0, 0.1) is 25.6 Å². The zero-order valence-corrected chi connectivity index (χ0v) is 76.7. The number of hydrogen-bond donors (Lipinski definition) is 0. The first kappa shape index (κ1) is 91.3. The van der Waals surface area contributed by atoms with Crippen LogP contribution in [0.2, 0.25) is 0 Å². The molecule has 1 saturated carbocycles. The van der Waals surface area contributed by atoms with Crippen LogP contribution in [0.4, 0.5) is 34.5 Å². The maximum atomic E-state index is 12.6. The SMILES string of the molecule is [C-]#[N+]CC1CN(c2nc(OCC(C)(C)N(C)C)nc3c2CCN(c2cccc4ccccc24)C3)CCN1C(=O)C=C.[C-]#[N+]CC1CN(c2nc(OC[C@@H]3CCCN3CC(=O)N(C)C)nc3c2CCN(c2cccc4ccccc24)C3)CCN1C(=O)C=C.[C-]#[N+]CC1CN(c2nc(OC[C@@H]3CCCN3CC3CC3)nc3c2CCN(c2cccc4ccccc24)C3)CCN1C(=O)C=C. The van der Waals surface area contributed by atoms with Crippen molar-refractivity contribution in [3.63, 3.8) is 0 Å². The number of hydrogen-bond acceptors (Lipinski definition) is 22. The van der Waals surface area contributed by atoms with Crippen LogP contribution in [0.1, 0.15) is 86.1 Å². The van der Waals surface area contributed by atoms with E-state index in [4.69, 9.17) is 63.8 Å². The Morgan fingerprint density at radius 1 is 0.427 bits per heavy atom. The average molecular weight is 1770 g/mol. The number of likely N-dealkylation sites (tertiary alicyclic amines) is 2. The number of carbonyl (C=O) groups is 4. The molecule has 6 aromatic carbocycles. The molecule has 5 atom stereocenters. The first-order valence-electron chi connectivity index (χ1n) is 46.3. The molecule has 1 aliphatic carbocycles. The first-order valence-corrected chi connectivity index (χ1v) is 46.3. The van der Waals surface area contributed by atoms with Crippen molar-refractivity contribution in [1.29, 1.82) is 0 Å². The minimum absolute atomic E-state index is 0.0794. The average Bonchev–Trinajstić information content (AvgIpc) is 1.77. The van der Waals surface area contributed by atoms with Crippen molar-refractivity contribution < 1.29 is 33.4 Å². The Morgan fingerprint density at radius 3 is 1.13 bits per heavy atom. The maximum Gasteiger partial charge on any atom is 0.318 e. The predicted octanol–water partition coefficient (Wildman–Crippen LogP) is 11.8. The van der Waals surface area contributed by atoms with E-state index >= 15 is 0 Å². The van der Waals surface area contributed by atoms with Crippen molar-refractivity contribution in [1.82, 2.24) is 64.2 Å². The molecule has 9 aliphatic rings. The molecule has 0 N–H and O–H groups in total. The van der Waals surface area contributed by atoms with Crippen molar-refractivity contribution in [3.8, 4) is 18.0 Å². The van der Waals surface area contributed by atoms with Gasteiger partial charge in [-0.2, -0.15) is 29.9 Å². The van der Waals surface area contributed by atoms with Crippen LogP contribution in [0.5, 0.6) is 18.0 Å². The second-order valence-corrected chi connectivity index (χ2v) is 36.7. The van der Waals surface area contributed by atoms with Gasteiger partial charge in [0.05, 0.1) is 43.3 Å². The summed E-state index contributed by atoms with van der Waals surface area (Å²) in [6.45, 7) is 52.9. The fourth-order valence-corrected chi connectivity index (χ4v) is 19.6. The van der Waals surface area contributed by atoms with E-state index in [1.165, 1.54) is 93.4 Å². The third-order valence-corrected chi connectivity index (χ3v) is 27.6. The normalized spacial score (nSPS) is 19.8. The lowest BCUT2D eigenvalue weighted by molar-refractivity contribution is -0.130. The monoisotopic (exact) mass is 1770 g/mol. The van der Waals surface area contributed by atoms with E-state index in [9.17, 15) is 19.2 Å². The Balaban J connectivity index is 0.000000144. The number of rotatable bonds is 26. The maximum absolute atomic E-state index is 12.6. The van der Waals surface area contributed by atoms with Crippen LogP contribution >= 0.6 is 0 Å². The van der Waals surface area contributed by atoms with Crippen molar-refractivity contribution in [2.24, 2.45) is 5.92 Å². The summed E-state index contributed by atoms with van der Waals surface area (Å²) in [5.74, 6) is 3.10. The molecule has 131 heavy (non-hydrogen) atoms. The van der Waals surface area contributed by atoms with E-state index in [2.05, 4.69) is 220 Å². The van der Waals surface area contributed by atoms with Crippen LogP contribution in [-0.2, 0) is 58.1 Å². The predicted molar refractivity (Wildman–Crippen MR) is 515 cm³/mol. The number of nitrogens with zero attached hydrogens (tertiary/aromatic N) is 22. The fraction of sp³-hybridized carbons (Fsp3) is 0.461. The van der Waals surface area contributed by atoms with Crippen molar-refractivity contribution in [3.05, 3.63) is 233 Å². The molecular weight excluding hydrogens is 1650 g/mol. The zero-order valence-electron chi connectivity index (χ0n) is 76.7. The number of ether oxygens (including phenoxy) is 3. The van der Waals surface area contributed by atoms with Gasteiger partial charge in [-0.05, 0) is 157 Å². The number of anilines is 6. The molecule has 29 nitrogen and oxygen atoms in total. The van der Waals surface area contributed by atoms with E-state index in [1.807, 2.05) is 14.1 Å². The van der Waals surface area contributed by atoms with Gasteiger partial charge < -0.3 is 82.6 Å². The van der Waals surface area contributed by atoms with Crippen LogP contribution in [0.25, 0.3) is 46.9 Å². The highest BCUT2D eigenvalue weighted by Gasteiger charge is 2.41. The number of amides is 4. The molecule has 3 aromatic heterocycles. The molecule has 682 valence electrons. The molecule has 4 amide bonds. The molecule has 8 aliphatic heterocycles. The summed E-state index contributed by atoms with van der Waals surface area (Å²) in [6.07, 6.45) is 13.4. The molecular formula is C102H122N22O7. The minimum Gasteiger partial charge on any atom is -0.462 e. The van der Waals surface area contributed by atoms with Gasteiger partial charge >= 0.3 is 18.0 Å². The lowest BCUT2D eigenvalue weighted by Crippen LogP contribution is -2.56. The number of likely N-dealkylation sites (N-methyl/N-ethyl adjacent to an activating group) is 2. The van der Waals surface area contributed by atoms with Crippen LogP contribution < -0.4 is 43.6 Å². The number of piperazine rings is 3. The molecule has 18 rings (SSSR count). The van der Waals surface area contributed by atoms with Gasteiger partial charge in [0.15, 0.2) is 0 Å². The lowest BCUT2D eigenvalue weighted by Gasteiger charge is -2.41. The van der Waals surface area contributed by atoms with Crippen LogP contribution in [0.3, 0.4) is 0 Å². The molecule has 11 heterocycles. The summed E-state index contributed by atoms with van der Waals surface area (Å²) in [6, 6.07) is 45.7. The molecule has 9 aromatic rings. The third kappa shape index (κ3) is 20.9. The Morgan fingerprint density at radius 2 is 0.779 bits per heavy atom. The number of benzene rings is 6. The van der Waals surface area contributed by atoms with Crippen molar-refractivity contribution in [2.75, 3.05) is 202 Å². The summed E-state index contributed by atoms with van der Waals surface area (Å²) in [5, 5.41) is 7.32. The molecule has 29 heteroatoms. The smallest absolute Gasteiger partial charge is 0.318 e. The van der Waals surface area contributed by atoms with Crippen LogP contribution in [0.15, 0.2) is 165 Å². The summed E-state index contributed by atoms with van der Waals surface area (Å²) >= 11 is 0. The first-order chi connectivity index (χ1) is 63.7. The fourth-order valence-electron chi connectivity index (χ4n) is 19.6. The van der Waals surface area contributed by atoms with Crippen LogP contribution in [-0.4, -0.2) is 296 Å². The molecule has 0 bridgehead atoms. The van der Waals surface area contributed by atoms with Crippen molar-refractivity contribution >= 4 is 90.5 Å². The molecule has 6 fully saturated rings. The molecule has 0 spiro atoms. The topological polar surface area (TPSA) is 229 Å². The Labute approximate surface area is 770 Å². The van der Waals surface area contributed by atoms with Gasteiger partial charge in [-0.1, -0.05) is 129 Å². The number of aromatic nitrogens is 6. The Hall–Kier alpha value is -13.0. The van der Waals surface area contributed by atoms with Gasteiger partial charge in [0.25, 0.3) is 0 Å². The van der Waals surface area contributed by atoms with Gasteiger partial charge in [0.2, 0.25) is 43.3 Å². The van der Waals surface area contributed by atoms with E-state index in [-0.39, 0.29) is 73.0 Å². The standard InChI is InChI=1S/C35H42N8O3.C35H41N7O2.C32H39N7O2/c1-5-32(44)43-19-18-42(21-27(43)20-36-2)34-29-15-17-41(31-14-8-11-25-10-6-7-13-28(25)31)22-30(29)37-35(38-34)46-24-26-12-9-16-40(26)23-33(45)39(3)4;1-3-33(43)42-19-18-41(22-28(42)20-36-2)34-30-15-17-40(32-12-6-9-26-8-4-5-11-29(26)32)23-31(30)37-35(38-34)44-24-27-10-7-16-39(27)21-25-13-14-25;1-7-29(40)39-18-17-38(20-24(39)19-33-4)30-26-15-16-37(28-14-10-12-23-11-8-9-13-25(23)28)21-27(26)34-31(35-30)41-22-32(2,3)36(5)6/h5-8,10-11,13-14,26-27H,1,9,12,15-24H2,3-4H3;3-6,8-9,11-12,25,27-28H,1,7,10,13-24H2;7-14,24H,1,15-22H2,2-3,5-6H3/t26-,27?;27-,28?;/m00./s1. The molecule has 0 radical (unpaired) electrons. The van der Waals surface area contributed by atoms with E-state index in [0.717, 1.165) is 128 Å². The highest BCUT2D eigenvalue weighted by atomic mass is 16.5. The molecule has 3 unspecified atom stereocenters. The highest BCUT2D eigenvalue weighted by molar-refractivity contribution is 5.97. The molecule has 5 saturated heterocycles. The summed E-state index contributed by atoms with van der Waals surface area (Å²) in [7, 11) is 7.63. The van der Waals surface area contributed by atoms with Gasteiger partial charge in [-0.25, -0.2) is 19.7 Å².